The van der Waals surface area contributed by atoms with Crippen LogP contribution in [0.4, 0.5) is 18.9 Å². The first-order chi connectivity index (χ1) is 9.83. The monoisotopic (exact) mass is 365 g/mol. The van der Waals surface area contributed by atoms with Gasteiger partial charge in [-0.3, -0.25) is 0 Å². The van der Waals surface area contributed by atoms with E-state index >= 15 is 0 Å². The van der Waals surface area contributed by atoms with Crippen LogP contribution >= 0.6 is 15.9 Å². The number of anilines is 1. The predicted molar refractivity (Wildman–Crippen MR) is 80.4 cm³/mol. The van der Waals surface area contributed by atoms with E-state index < -0.39 is 6.36 Å². The summed E-state index contributed by atoms with van der Waals surface area (Å²) in [5, 5.41) is 3.29. The lowest BCUT2D eigenvalue weighted by Crippen LogP contribution is -2.20. The number of alkyl halides is 3. The van der Waals surface area contributed by atoms with Gasteiger partial charge >= 0.3 is 6.36 Å². The summed E-state index contributed by atoms with van der Waals surface area (Å²) >= 11 is 3.11. The molecule has 0 amide bonds. The predicted octanol–water partition coefficient (Wildman–Crippen LogP) is 5.59. The van der Waals surface area contributed by atoms with Crippen LogP contribution in [0.2, 0.25) is 0 Å². The van der Waals surface area contributed by atoms with Crippen LogP contribution in [0.25, 0.3) is 0 Å². The molecule has 0 aliphatic heterocycles. The smallest absolute Gasteiger partial charge is 0.405 e. The van der Waals surface area contributed by atoms with E-state index in [1.165, 1.54) is 31.7 Å². The van der Waals surface area contributed by atoms with Crippen molar-refractivity contribution in [2.45, 2.75) is 39.0 Å². The molecule has 1 aromatic carbocycles. The van der Waals surface area contributed by atoms with Crippen molar-refractivity contribution in [3.63, 3.8) is 0 Å². The van der Waals surface area contributed by atoms with E-state index in [-0.39, 0.29) is 5.75 Å². The van der Waals surface area contributed by atoms with Gasteiger partial charge in [-0.25, -0.2) is 0 Å². The van der Waals surface area contributed by atoms with Gasteiger partial charge in [0.15, 0.2) is 0 Å². The molecular formula is C15H19BrF3NO. The molecule has 1 saturated carbocycles. The molecule has 1 N–H and O–H groups in total. The zero-order valence-electron chi connectivity index (χ0n) is 11.8. The molecule has 6 heteroatoms. The highest BCUT2D eigenvalue weighted by atomic mass is 79.9. The van der Waals surface area contributed by atoms with Gasteiger partial charge < -0.3 is 10.1 Å². The summed E-state index contributed by atoms with van der Waals surface area (Å²) in [7, 11) is 0. The molecule has 2 nitrogen and oxygen atoms in total. The Morgan fingerprint density at radius 2 is 1.90 bits per heavy atom. The molecule has 0 unspecified atom stereocenters. The molecule has 1 aromatic rings. The minimum atomic E-state index is -4.67. The van der Waals surface area contributed by atoms with Crippen molar-refractivity contribution >= 4 is 21.6 Å². The largest absolute Gasteiger partial charge is 0.573 e. The summed E-state index contributed by atoms with van der Waals surface area (Å²) in [6.45, 7) is 3.14. The van der Waals surface area contributed by atoms with E-state index in [9.17, 15) is 13.2 Å². The molecule has 1 fully saturated rings. The lowest BCUT2D eigenvalue weighted by molar-refractivity contribution is -0.274. The number of nitrogens with one attached hydrogen (secondary N) is 1. The fourth-order valence-electron chi connectivity index (χ4n) is 2.61. The average molecular weight is 366 g/mol. The maximum absolute atomic E-state index is 12.2. The number of benzene rings is 1. The Kier molecular flexibility index (Phi) is 5.41. The van der Waals surface area contributed by atoms with E-state index in [0.29, 0.717) is 10.4 Å². The Morgan fingerprint density at radius 1 is 1.24 bits per heavy atom. The number of hydrogen-bond donors (Lipinski definition) is 1. The van der Waals surface area contributed by atoms with Crippen LogP contribution in [0.5, 0.6) is 5.75 Å². The van der Waals surface area contributed by atoms with Crippen molar-refractivity contribution in [2.24, 2.45) is 11.8 Å². The van der Waals surface area contributed by atoms with Gasteiger partial charge in [-0.2, -0.15) is 0 Å². The average Bonchev–Trinajstić information content (AvgIpc) is 2.40. The third kappa shape index (κ3) is 5.41. The highest BCUT2D eigenvalue weighted by Crippen LogP contribution is 2.33. The quantitative estimate of drug-likeness (QED) is 0.751. The van der Waals surface area contributed by atoms with Crippen LogP contribution < -0.4 is 10.1 Å². The van der Waals surface area contributed by atoms with Gasteiger partial charge in [-0.05, 0) is 58.8 Å². The summed E-state index contributed by atoms with van der Waals surface area (Å²) in [6.07, 6.45) is 0.272. The van der Waals surface area contributed by atoms with E-state index in [0.717, 1.165) is 18.2 Å². The molecule has 21 heavy (non-hydrogen) atoms. The van der Waals surface area contributed by atoms with Gasteiger partial charge in [0.05, 0.1) is 4.47 Å². The zero-order chi connectivity index (χ0) is 15.5. The van der Waals surface area contributed by atoms with Crippen molar-refractivity contribution in [2.75, 3.05) is 11.9 Å². The molecule has 0 radical (unpaired) electrons. The third-order valence-corrected chi connectivity index (χ3v) is 4.51. The molecule has 0 bridgehead atoms. The van der Waals surface area contributed by atoms with Gasteiger partial charge in [0, 0.05) is 12.2 Å². The Labute approximate surface area is 131 Å². The van der Waals surface area contributed by atoms with Gasteiger partial charge in [0.1, 0.15) is 5.75 Å². The fraction of sp³-hybridized carbons (Fsp3) is 0.600. The number of ether oxygens (including phenoxy) is 1. The Morgan fingerprint density at radius 3 is 2.48 bits per heavy atom. The third-order valence-electron chi connectivity index (χ3n) is 3.89. The Hall–Kier alpha value is -0.910. The Bertz CT molecular complexity index is 470. The van der Waals surface area contributed by atoms with Crippen LogP contribution in [-0.2, 0) is 0 Å². The standard InChI is InChI=1S/C15H19BrF3NO/c1-10-2-4-11(5-3-10)9-20-12-6-7-14(13(16)8-12)21-15(17,18)19/h6-8,10-11,20H,2-5,9H2,1H3. The summed E-state index contributed by atoms with van der Waals surface area (Å²) in [5.74, 6) is 1.24. The minimum absolute atomic E-state index is 0.223. The summed E-state index contributed by atoms with van der Waals surface area (Å²) in [6, 6.07) is 4.55. The highest BCUT2D eigenvalue weighted by Gasteiger charge is 2.31. The topological polar surface area (TPSA) is 21.3 Å². The van der Waals surface area contributed by atoms with Crippen molar-refractivity contribution in [3.8, 4) is 5.75 Å². The van der Waals surface area contributed by atoms with Crippen molar-refractivity contribution in [1.82, 2.24) is 0 Å². The molecule has 0 heterocycles. The zero-order valence-corrected chi connectivity index (χ0v) is 13.4. The van der Waals surface area contributed by atoms with Crippen molar-refractivity contribution < 1.29 is 17.9 Å². The lowest BCUT2D eigenvalue weighted by atomic mass is 9.83. The van der Waals surface area contributed by atoms with Gasteiger partial charge in [-0.1, -0.05) is 19.8 Å². The van der Waals surface area contributed by atoms with E-state index in [1.54, 1.807) is 12.1 Å². The molecule has 0 spiro atoms. The van der Waals surface area contributed by atoms with Crippen LogP contribution in [0, 0.1) is 11.8 Å². The summed E-state index contributed by atoms with van der Waals surface area (Å²) in [5.41, 5.74) is 0.801. The number of rotatable bonds is 4. The van der Waals surface area contributed by atoms with Gasteiger partial charge in [-0.15, -0.1) is 13.2 Å². The molecule has 118 valence electrons. The second-order valence-electron chi connectivity index (χ2n) is 5.70. The number of halogens is 4. The fourth-order valence-corrected chi connectivity index (χ4v) is 3.07. The van der Waals surface area contributed by atoms with Crippen molar-refractivity contribution in [1.29, 1.82) is 0 Å². The van der Waals surface area contributed by atoms with Crippen molar-refractivity contribution in [3.05, 3.63) is 22.7 Å². The normalized spacial score (nSPS) is 22.9. The molecule has 1 aliphatic rings. The molecule has 0 saturated heterocycles. The maximum Gasteiger partial charge on any atom is 0.573 e. The van der Waals surface area contributed by atoms with E-state index in [1.807, 2.05) is 0 Å². The van der Waals surface area contributed by atoms with E-state index in [4.69, 9.17) is 0 Å². The summed E-state index contributed by atoms with van der Waals surface area (Å²) in [4.78, 5) is 0. The van der Waals surface area contributed by atoms with Crippen LogP contribution in [-0.4, -0.2) is 12.9 Å². The minimum Gasteiger partial charge on any atom is -0.405 e. The van der Waals surface area contributed by atoms with Crippen LogP contribution in [0.15, 0.2) is 22.7 Å². The highest BCUT2D eigenvalue weighted by molar-refractivity contribution is 9.10. The Balaban J connectivity index is 1.88. The van der Waals surface area contributed by atoms with Crippen LogP contribution in [0.1, 0.15) is 32.6 Å². The molecular weight excluding hydrogens is 347 g/mol. The SMILES string of the molecule is CC1CCC(CNc2ccc(OC(F)(F)F)c(Br)c2)CC1. The lowest BCUT2D eigenvalue weighted by Gasteiger charge is -2.26. The molecule has 0 atom stereocenters. The first kappa shape index (κ1) is 16.5. The molecule has 2 rings (SSSR count). The number of hydrogen-bond acceptors (Lipinski definition) is 2. The first-order valence-corrected chi connectivity index (χ1v) is 7.92. The maximum atomic E-state index is 12.2. The second-order valence-corrected chi connectivity index (χ2v) is 6.55. The van der Waals surface area contributed by atoms with Gasteiger partial charge in [0.2, 0.25) is 0 Å². The second kappa shape index (κ2) is 6.90. The summed E-state index contributed by atoms with van der Waals surface area (Å²) < 4.78 is 40.8. The first-order valence-electron chi connectivity index (χ1n) is 7.12. The molecule has 1 aliphatic carbocycles. The van der Waals surface area contributed by atoms with E-state index in [2.05, 4.69) is 32.9 Å². The molecule has 0 aromatic heterocycles. The van der Waals surface area contributed by atoms with Crippen LogP contribution in [0.3, 0.4) is 0 Å². The van der Waals surface area contributed by atoms with Gasteiger partial charge in [0.25, 0.3) is 0 Å².